The molecule has 0 bridgehead atoms. The fourth-order valence-electron chi connectivity index (χ4n) is 6.08. The van der Waals surface area contributed by atoms with Crippen LogP contribution in [0.1, 0.15) is 57.7 Å². The molecule has 1 saturated heterocycles. The number of likely N-dealkylation sites (tertiary alicyclic amines) is 1. The number of nitrogens with zero attached hydrogens (tertiary/aromatic N) is 6. The van der Waals surface area contributed by atoms with Gasteiger partial charge in [0.05, 0.1) is 40.5 Å². The number of aliphatic hydroxyl groups excluding tert-OH is 1. The first kappa shape index (κ1) is 34.0. The summed E-state index contributed by atoms with van der Waals surface area (Å²) < 4.78 is 43.4. The fraction of sp³-hybridized carbons (Fsp3) is 0.306. The maximum atomic E-state index is 15.7. The summed E-state index contributed by atoms with van der Waals surface area (Å²) >= 11 is 1.33. The monoisotopic (exact) mass is 684 g/mol. The van der Waals surface area contributed by atoms with Crippen molar-refractivity contribution in [1.29, 1.82) is 5.26 Å². The molecule has 3 atom stereocenters. The second-order valence-corrected chi connectivity index (χ2v) is 12.9. The number of esters is 1. The number of benzene rings is 3. The van der Waals surface area contributed by atoms with E-state index in [-0.39, 0.29) is 18.2 Å². The molecule has 1 aliphatic rings. The molecule has 3 heterocycles. The molecule has 5 aromatic rings. The van der Waals surface area contributed by atoms with Gasteiger partial charge in [-0.3, -0.25) is 4.90 Å². The van der Waals surface area contributed by atoms with E-state index in [4.69, 9.17) is 14.5 Å². The number of rotatable bonds is 12. The van der Waals surface area contributed by atoms with Gasteiger partial charge in [0.25, 0.3) is 0 Å². The van der Waals surface area contributed by atoms with Crippen molar-refractivity contribution in [3.05, 3.63) is 124 Å². The molecule has 49 heavy (non-hydrogen) atoms. The Hall–Kier alpha value is -4.87. The predicted molar refractivity (Wildman–Crippen MR) is 177 cm³/mol. The minimum absolute atomic E-state index is 0.0234. The molecule has 1 N–H and O–H groups in total. The maximum Gasteiger partial charge on any atom is 0.340 e. The van der Waals surface area contributed by atoms with E-state index >= 15 is 4.39 Å². The molecular weight excluding hydrogens is 650 g/mol. The Kier molecular flexibility index (Phi) is 10.5. The van der Waals surface area contributed by atoms with Gasteiger partial charge in [-0.2, -0.15) is 10.4 Å². The second kappa shape index (κ2) is 15.1. The van der Waals surface area contributed by atoms with Crippen LogP contribution in [0.4, 0.5) is 8.78 Å². The van der Waals surface area contributed by atoms with E-state index in [9.17, 15) is 19.6 Å². The molecule has 1 aliphatic heterocycles. The Bertz CT molecular complexity index is 1910. The Morgan fingerprint density at radius 3 is 2.65 bits per heavy atom. The van der Waals surface area contributed by atoms with Crippen molar-refractivity contribution < 1.29 is 28.2 Å². The Balaban J connectivity index is 1.26. The van der Waals surface area contributed by atoms with Gasteiger partial charge in [-0.1, -0.05) is 37.3 Å². The molecule has 1 fully saturated rings. The maximum absolute atomic E-state index is 15.7. The van der Waals surface area contributed by atoms with Gasteiger partial charge < -0.3 is 14.6 Å². The van der Waals surface area contributed by atoms with E-state index in [0.717, 1.165) is 42.6 Å². The van der Waals surface area contributed by atoms with Gasteiger partial charge in [0.15, 0.2) is 6.79 Å². The van der Waals surface area contributed by atoms with Gasteiger partial charge in [-0.25, -0.2) is 28.2 Å². The number of aromatic nitrogens is 4. The normalized spacial score (nSPS) is 16.8. The zero-order valence-electron chi connectivity index (χ0n) is 26.7. The van der Waals surface area contributed by atoms with Crippen LogP contribution in [-0.4, -0.2) is 61.7 Å². The van der Waals surface area contributed by atoms with Crippen molar-refractivity contribution >= 4 is 17.3 Å². The van der Waals surface area contributed by atoms with E-state index < -0.39 is 35.9 Å². The standard InChI is InChI=1S/C36H34F2N6O4S/c1-24(34-42-33(19-49-34)27-8-4-25(16-39)5-9-27)36(20-44-22-40-21-41-44,31-13-12-29(37)15-32(31)38)48-23-47-35(46)28-10-6-26(7-11-28)17-43-14-2-3-30(45)18-43/h4-13,15,19,21-22,24,30,45H,2-3,14,17-18,20,23H2,1H3/t24-,30?,36+/m0/s1. The summed E-state index contributed by atoms with van der Waals surface area (Å²) in [6, 6.07) is 19.4. The third-order valence-electron chi connectivity index (χ3n) is 8.74. The van der Waals surface area contributed by atoms with E-state index in [1.807, 2.05) is 24.4 Å². The van der Waals surface area contributed by atoms with Gasteiger partial charge >= 0.3 is 5.97 Å². The van der Waals surface area contributed by atoms with Crippen LogP contribution < -0.4 is 0 Å². The summed E-state index contributed by atoms with van der Waals surface area (Å²) in [5.41, 5.74) is 1.70. The highest BCUT2D eigenvalue weighted by Crippen LogP contribution is 2.44. The number of halogens is 2. The summed E-state index contributed by atoms with van der Waals surface area (Å²) in [7, 11) is 0. The summed E-state index contributed by atoms with van der Waals surface area (Å²) in [6.07, 6.45) is 4.20. The molecular formula is C36H34F2N6O4S. The molecule has 0 saturated carbocycles. The number of hydrogen-bond donors (Lipinski definition) is 1. The van der Waals surface area contributed by atoms with Crippen LogP contribution in [0, 0.1) is 23.0 Å². The van der Waals surface area contributed by atoms with Gasteiger partial charge in [-0.05, 0) is 55.3 Å². The minimum atomic E-state index is -1.59. The summed E-state index contributed by atoms with van der Waals surface area (Å²) in [6.45, 7) is 3.35. The lowest BCUT2D eigenvalue weighted by Gasteiger charge is -2.38. The minimum Gasteiger partial charge on any atom is -0.435 e. The molecule has 3 aromatic carbocycles. The zero-order valence-corrected chi connectivity index (χ0v) is 27.5. The molecule has 2 aromatic heterocycles. The van der Waals surface area contributed by atoms with Crippen molar-refractivity contribution in [3.63, 3.8) is 0 Å². The number of β-amino-alcohol motifs (C(OH)–C–C–N with tert-alkyl or cyclic N) is 1. The molecule has 0 amide bonds. The number of carbonyl (C=O) groups is 1. The van der Waals surface area contributed by atoms with Crippen LogP contribution in [-0.2, 0) is 28.2 Å². The fourth-order valence-corrected chi connectivity index (χ4v) is 7.04. The second-order valence-electron chi connectivity index (χ2n) is 12.0. The highest BCUT2D eigenvalue weighted by molar-refractivity contribution is 7.10. The van der Waals surface area contributed by atoms with E-state index in [2.05, 4.69) is 21.1 Å². The molecule has 0 spiro atoms. The van der Waals surface area contributed by atoms with Gasteiger partial charge in [0.1, 0.15) is 29.9 Å². The third-order valence-corrected chi connectivity index (χ3v) is 9.76. The van der Waals surface area contributed by atoms with E-state index in [1.165, 1.54) is 34.7 Å². The molecule has 13 heteroatoms. The summed E-state index contributed by atoms with van der Waals surface area (Å²) in [5, 5.41) is 25.8. The van der Waals surface area contributed by atoms with Crippen LogP contribution >= 0.6 is 11.3 Å². The average molecular weight is 685 g/mol. The first-order valence-electron chi connectivity index (χ1n) is 15.8. The molecule has 0 aliphatic carbocycles. The molecule has 0 radical (unpaired) electrons. The third kappa shape index (κ3) is 7.90. The van der Waals surface area contributed by atoms with Crippen LogP contribution in [0.25, 0.3) is 11.3 Å². The van der Waals surface area contributed by atoms with Crippen molar-refractivity contribution in [2.75, 3.05) is 19.9 Å². The Labute approximate surface area is 286 Å². The van der Waals surface area contributed by atoms with Gasteiger partial charge in [0.2, 0.25) is 0 Å². The lowest BCUT2D eigenvalue weighted by atomic mass is 9.81. The highest BCUT2D eigenvalue weighted by atomic mass is 32.1. The lowest BCUT2D eigenvalue weighted by Crippen LogP contribution is -2.42. The number of thiazole rings is 1. The first-order chi connectivity index (χ1) is 23.7. The van der Waals surface area contributed by atoms with Crippen LogP contribution in [0.5, 0.6) is 0 Å². The van der Waals surface area contributed by atoms with Crippen LogP contribution in [0.15, 0.2) is 84.8 Å². The topological polar surface area (TPSA) is 126 Å². The highest BCUT2D eigenvalue weighted by Gasteiger charge is 2.45. The Morgan fingerprint density at radius 1 is 1.16 bits per heavy atom. The molecule has 10 nitrogen and oxygen atoms in total. The number of aliphatic hydroxyl groups is 1. The molecule has 252 valence electrons. The van der Waals surface area contributed by atoms with Crippen molar-refractivity contribution in [3.8, 4) is 17.3 Å². The first-order valence-corrected chi connectivity index (χ1v) is 16.7. The SMILES string of the molecule is C[C@@H](c1nc(-c2ccc(C#N)cc2)cs1)[C@@](Cn1cncn1)(OCOC(=O)c1ccc(CN2CCCC(O)C2)cc1)c1ccc(F)cc1F. The van der Waals surface area contributed by atoms with Gasteiger partial charge in [0, 0.05) is 41.6 Å². The summed E-state index contributed by atoms with van der Waals surface area (Å²) in [4.78, 5) is 24.2. The zero-order chi connectivity index (χ0) is 34.4. The molecule has 6 rings (SSSR count). The van der Waals surface area contributed by atoms with Gasteiger partial charge in [-0.15, -0.1) is 11.3 Å². The largest absolute Gasteiger partial charge is 0.435 e. The van der Waals surface area contributed by atoms with Crippen LogP contribution in [0.2, 0.25) is 0 Å². The number of nitriles is 1. The van der Waals surface area contributed by atoms with Crippen molar-refractivity contribution in [1.82, 2.24) is 24.6 Å². The molecule has 1 unspecified atom stereocenters. The average Bonchev–Trinajstić information content (AvgIpc) is 3.81. The van der Waals surface area contributed by atoms with Crippen LogP contribution in [0.3, 0.4) is 0 Å². The van der Waals surface area contributed by atoms with Crippen molar-refractivity contribution in [2.24, 2.45) is 0 Å². The predicted octanol–water partition coefficient (Wildman–Crippen LogP) is 6.04. The number of carbonyl (C=O) groups excluding carboxylic acids is 1. The number of ether oxygens (including phenoxy) is 2. The Morgan fingerprint density at radius 2 is 1.96 bits per heavy atom. The smallest absolute Gasteiger partial charge is 0.340 e. The number of hydrogen-bond acceptors (Lipinski definition) is 10. The van der Waals surface area contributed by atoms with E-state index in [1.54, 1.807) is 36.4 Å². The lowest BCUT2D eigenvalue weighted by molar-refractivity contribution is -0.148. The number of piperidine rings is 1. The van der Waals surface area contributed by atoms with E-state index in [0.29, 0.717) is 34.9 Å². The summed E-state index contributed by atoms with van der Waals surface area (Å²) in [5.74, 6) is -2.91. The quantitative estimate of drug-likeness (QED) is 0.124. The van der Waals surface area contributed by atoms with Crippen molar-refractivity contribution in [2.45, 2.75) is 50.5 Å².